The lowest BCUT2D eigenvalue weighted by Crippen LogP contribution is -2.30. The van der Waals surface area contributed by atoms with Crippen molar-refractivity contribution in [3.63, 3.8) is 0 Å². The standard InChI is InChI=1S/C11H17NO4S/c13-8-10-4-3-9(16-10)6-12-7-11-2-1-5-17(11,14)15/h3-4,11-13H,1-2,5-8H2. The number of hydrogen-bond donors (Lipinski definition) is 2. The predicted molar refractivity (Wildman–Crippen MR) is 63.1 cm³/mol. The zero-order valence-corrected chi connectivity index (χ0v) is 10.4. The molecule has 0 aliphatic carbocycles. The summed E-state index contributed by atoms with van der Waals surface area (Å²) in [5, 5.41) is 11.7. The van der Waals surface area contributed by atoms with E-state index in [-0.39, 0.29) is 11.9 Å². The van der Waals surface area contributed by atoms with E-state index in [2.05, 4.69) is 5.32 Å². The highest BCUT2D eigenvalue weighted by atomic mass is 32.2. The van der Waals surface area contributed by atoms with E-state index >= 15 is 0 Å². The summed E-state index contributed by atoms with van der Waals surface area (Å²) in [5.41, 5.74) is 0. The van der Waals surface area contributed by atoms with Crippen LogP contribution in [0.5, 0.6) is 0 Å². The van der Waals surface area contributed by atoms with Gasteiger partial charge in [0, 0.05) is 6.54 Å². The lowest BCUT2D eigenvalue weighted by atomic mass is 10.2. The van der Waals surface area contributed by atoms with Crippen molar-refractivity contribution < 1.29 is 17.9 Å². The molecule has 1 aliphatic rings. The Kier molecular flexibility index (Phi) is 3.86. The third-order valence-electron chi connectivity index (χ3n) is 3.01. The number of rotatable bonds is 5. The molecular formula is C11H17NO4S. The van der Waals surface area contributed by atoms with Gasteiger partial charge in [-0.3, -0.25) is 0 Å². The fraction of sp³-hybridized carbons (Fsp3) is 0.636. The molecule has 2 N–H and O–H groups in total. The zero-order chi connectivity index (χ0) is 12.3. The molecule has 0 radical (unpaired) electrons. The molecule has 5 nitrogen and oxygen atoms in total. The third-order valence-corrected chi connectivity index (χ3v) is 5.28. The molecule has 0 aromatic carbocycles. The summed E-state index contributed by atoms with van der Waals surface area (Å²) in [6.07, 6.45) is 1.51. The molecule has 1 fully saturated rings. The molecular weight excluding hydrogens is 242 g/mol. The third kappa shape index (κ3) is 3.08. The zero-order valence-electron chi connectivity index (χ0n) is 9.55. The Bertz CT molecular complexity index is 466. The Morgan fingerprint density at radius 1 is 1.41 bits per heavy atom. The van der Waals surface area contributed by atoms with E-state index in [1.165, 1.54) is 0 Å². The van der Waals surface area contributed by atoms with E-state index in [4.69, 9.17) is 9.52 Å². The van der Waals surface area contributed by atoms with Crippen LogP contribution in [0.4, 0.5) is 0 Å². The van der Waals surface area contributed by atoms with Crippen LogP contribution in [0.2, 0.25) is 0 Å². The van der Waals surface area contributed by atoms with E-state index in [0.29, 0.717) is 30.4 Å². The number of furan rings is 1. The van der Waals surface area contributed by atoms with E-state index in [0.717, 1.165) is 12.8 Å². The minimum atomic E-state index is -2.87. The predicted octanol–water partition coefficient (Wildman–Crippen LogP) is 0.439. The Morgan fingerprint density at radius 2 is 2.18 bits per heavy atom. The van der Waals surface area contributed by atoms with Crippen LogP contribution in [0.1, 0.15) is 24.4 Å². The van der Waals surface area contributed by atoms with Gasteiger partial charge in [-0.25, -0.2) is 8.42 Å². The summed E-state index contributed by atoms with van der Waals surface area (Å²) in [7, 11) is -2.87. The molecule has 0 spiro atoms. The van der Waals surface area contributed by atoms with Crippen molar-refractivity contribution >= 4 is 9.84 Å². The van der Waals surface area contributed by atoms with E-state index in [1.807, 2.05) is 0 Å². The molecule has 1 aromatic heterocycles. The minimum Gasteiger partial charge on any atom is -0.462 e. The van der Waals surface area contributed by atoms with Crippen molar-refractivity contribution in [3.05, 3.63) is 23.7 Å². The Labute approximate surface area is 101 Å². The maximum Gasteiger partial charge on any atom is 0.154 e. The molecule has 1 atom stereocenters. The highest BCUT2D eigenvalue weighted by Crippen LogP contribution is 2.19. The highest BCUT2D eigenvalue weighted by Gasteiger charge is 2.30. The summed E-state index contributed by atoms with van der Waals surface area (Å²) in [5.74, 6) is 1.55. The Morgan fingerprint density at radius 3 is 2.76 bits per heavy atom. The summed E-state index contributed by atoms with van der Waals surface area (Å²) in [6.45, 7) is 0.848. The molecule has 0 amide bonds. The second-order valence-corrected chi connectivity index (χ2v) is 6.69. The first kappa shape index (κ1) is 12.6. The summed E-state index contributed by atoms with van der Waals surface area (Å²) >= 11 is 0. The average molecular weight is 259 g/mol. The summed E-state index contributed by atoms with van der Waals surface area (Å²) in [4.78, 5) is 0. The fourth-order valence-corrected chi connectivity index (χ4v) is 3.85. The molecule has 1 unspecified atom stereocenters. The van der Waals surface area contributed by atoms with Gasteiger partial charge in [-0.2, -0.15) is 0 Å². The van der Waals surface area contributed by atoms with Crippen molar-refractivity contribution in [1.82, 2.24) is 5.32 Å². The van der Waals surface area contributed by atoms with Gasteiger partial charge in [0.2, 0.25) is 0 Å². The second kappa shape index (κ2) is 5.20. The number of hydrogen-bond acceptors (Lipinski definition) is 5. The SMILES string of the molecule is O=S1(=O)CCCC1CNCc1ccc(CO)o1. The second-order valence-electron chi connectivity index (χ2n) is 4.29. The van der Waals surface area contributed by atoms with Crippen LogP contribution in [0.25, 0.3) is 0 Å². The first-order valence-corrected chi connectivity index (χ1v) is 7.44. The maximum atomic E-state index is 11.6. The molecule has 1 saturated heterocycles. The van der Waals surface area contributed by atoms with Crippen molar-refractivity contribution in [1.29, 1.82) is 0 Å². The van der Waals surface area contributed by atoms with Gasteiger partial charge < -0.3 is 14.8 Å². The smallest absolute Gasteiger partial charge is 0.154 e. The maximum absolute atomic E-state index is 11.6. The largest absolute Gasteiger partial charge is 0.462 e. The summed E-state index contributed by atoms with van der Waals surface area (Å²) in [6, 6.07) is 3.49. The molecule has 1 aromatic rings. The molecule has 96 valence electrons. The van der Waals surface area contributed by atoms with Crippen LogP contribution in [-0.4, -0.2) is 31.1 Å². The van der Waals surface area contributed by atoms with Gasteiger partial charge in [-0.05, 0) is 25.0 Å². The lowest BCUT2D eigenvalue weighted by Gasteiger charge is -2.09. The molecule has 2 rings (SSSR count). The van der Waals surface area contributed by atoms with E-state index in [9.17, 15) is 8.42 Å². The van der Waals surface area contributed by atoms with Crippen LogP contribution in [-0.2, 0) is 23.0 Å². The van der Waals surface area contributed by atoms with Crippen molar-refractivity contribution in [3.8, 4) is 0 Å². The van der Waals surface area contributed by atoms with Gasteiger partial charge >= 0.3 is 0 Å². The number of aliphatic hydroxyl groups excluding tert-OH is 1. The van der Waals surface area contributed by atoms with Crippen LogP contribution in [0.15, 0.2) is 16.5 Å². The molecule has 2 heterocycles. The summed E-state index contributed by atoms with van der Waals surface area (Å²) < 4.78 is 28.4. The molecule has 0 bridgehead atoms. The van der Waals surface area contributed by atoms with E-state index < -0.39 is 9.84 Å². The van der Waals surface area contributed by atoms with Crippen molar-refractivity contribution in [2.75, 3.05) is 12.3 Å². The Hall–Kier alpha value is -0.850. The van der Waals surface area contributed by atoms with Crippen LogP contribution in [0, 0.1) is 0 Å². The lowest BCUT2D eigenvalue weighted by molar-refractivity contribution is 0.243. The van der Waals surface area contributed by atoms with Crippen LogP contribution in [0.3, 0.4) is 0 Å². The van der Waals surface area contributed by atoms with Gasteiger partial charge in [0.05, 0.1) is 17.5 Å². The van der Waals surface area contributed by atoms with Gasteiger partial charge in [0.25, 0.3) is 0 Å². The number of aliphatic hydroxyl groups is 1. The minimum absolute atomic E-state index is 0.114. The molecule has 1 aliphatic heterocycles. The van der Waals surface area contributed by atoms with Crippen LogP contribution >= 0.6 is 0 Å². The number of nitrogens with one attached hydrogen (secondary N) is 1. The fourth-order valence-electron chi connectivity index (χ4n) is 2.05. The average Bonchev–Trinajstić information content (AvgIpc) is 2.86. The topological polar surface area (TPSA) is 79.5 Å². The first-order chi connectivity index (χ1) is 8.12. The van der Waals surface area contributed by atoms with Crippen molar-refractivity contribution in [2.45, 2.75) is 31.2 Å². The van der Waals surface area contributed by atoms with E-state index in [1.54, 1.807) is 12.1 Å². The normalized spacial score (nSPS) is 23.0. The highest BCUT2D eigenvalue weighted by molar-refractivity contribution is 7.92. The van der Waals surface area contributed by atoms with Crippen LogP contribution < -0.4 is 5.32 Å². The quantitative estimate of drug-likeness (QED) is 0.802. The Balaban J connectivity index is 1.80. The molecule has 0 saturated carbocycles. The van der Waals surface area contributed by atoms with Gasteiger partial charge in [-0.1, -0.05) is 0 Å². The van der Waals surface area contributed by atoms with Gasteiger partial charge in [0.15, 0.2) is 9.84 Å². The number of sulfone groups is 1. The van der Waals surface area contributed by atoms with Crippen molar-refractivity contribution in [2.24, 2.45) is 0 Å². The van der Waals surface area contributed by atoms with Gasteiger partial charge in [-0.15, -0.1) is 0 Å². The monoisotopic (exact) mass is 259 g/mol. The molecule has 17 heavy (non-hydrogen) atoms. The first-order valence-electron chi connectivity index (χ1n) is 5.72. The molecule has 6 heteroatoms. The van der Waals surface area contributed by atoms with Gasteiger partial charge in [0.1, 0.15) is 18.1 Å².